The highest BCUT2D eigenvalue weighted by Gasteiger charge is 2.20. The average Bonchev–Trinajstić information content (AvgIpc) is 3.02. The molecule has 0 aliphatic carbocycles. The second-order valence-corrected chi connectivity index (χ2v) is 6.02. The lowest BCUT2D eigenvalue weighted by Gasteiger charge is -2.07. The van der Waals surface area contributed by atoms with Crippen LogP contribution < -0.4 is 0 Å². The number of aromatic nitrogens is 3. The molecule has 4 rings (SSSR count). The first-order valence-electron chi connectivity index (χ1n) is 8.59. The average molecular weight is 336 g/mol. The Bertz CT molecular complexity index is 948. The molecule has 0 saturated heterocycles. The van der Waals surface area contributed by atoms with Gasteiger partial charge in [0.05, 0.1) is 11.4 Å². The van der Waals surface area contributed by atoms with Gasteiger partial charge in [0.25, 0.3) is 0 Å². The first-order valence-corrected chi connectivity index (χ1v) is 8.59. The second-order valence-electron chi connectivity index (χ2n) is 6.02. The Morgan fingerprint density at radius 3 is 2.56 bits per heavy atom. The fraction of sp³-hybridized carbons (Fsp3) is 0.300. The van der Waals surface area contributed by atoms with Gasteiger partial charge in [0.2, 0.25) is 11.7 Å². The number of nitrogens with zero attached hydrogens (tertiary/aromatic N) is 4. The van der Waals surface area contributed by atoms with Gasteiger partial charge in [0, 0.05) is 11.4 Å². The lowest BCUT2D eigenvalue weighted by atomic mass is 10.2. The number of aryl methyl sites for hydroxylation is 2. The topological polar surface area (TPSA) is 54.8 Å². The first-order chi connectivity index (χ1) is 12.1. The molecule has 25 heavy (non-hydrogen) atoms. The number of hydrogen-bond acceptors (Lipinski definition) is 3. The van der Waals surface area contributed by atoms with E-state index in [9.17, 15) is 5.11 Å². The summed E-state index contributed by atoms with van der Waals surface area (Å²) in [5.74, 6) is 1.42. The van der Waals surface area contributed by atoms with Crippen LogP contribution in [-0.4, -0.2) is 24.9 Å². The normalized spacial score (nSPS) is 18.4. The lowest BCUT2D eigenvalue weighted by molar-refractivity contribution is 0.405. The van der Waals surface area contributed by atoms with Crippen molar-refractivity contribution in [2.45, 2.75) is 40.5 Å². The quantitative estimate of drug-likeness (QED) is 0.486. The largest absolute Gasteiger partial charge is 0.493 e. The van der Waals surface area contributed by atoms with Crippen LogP contribution in [0.15, 0.2) is 41.3 Å². The van der Waals surface area contributed by atoms with Crippen molar-refractivity contribution < 1.29 is 5.11 Å². The van der Waals surface area contributed by atoms with Crippen LogP contribution in [0.3, 0.4) is 0 Å². The van der Waals surface area contributed by atoms with E-state index in [1.165, 1.54) is 0 Å². The Morgan fingerprint density at radius 1 is 1.16 bits per heavy atom. The van der Waals surface area contributed by atoms with Crippen LogP contribution in [-0.2, 0) is 0 Å². The summed E-state index contributed by atoms with van der Waals surface area (Å²) >= 11 is 0. The van der Waals surface area contributed by atoms with Crippen LogP contribution in [0.2, 0.25) is 0 Å². The van der Waals surface area contributed by atoms with E-state index in [4.69, 9.17) is 4.98 Å². The third-order valence-corrected chi connectivity index (χ3v) is 4.36. The molecule has 5 heteroatoms. The summed E-state index contributed by atoms with van der Waals surface area (Å²) in [5, 5.41) is 9.95. The fourth-order valence-electron chi connectivity index (χ4n) is 3.09. The first kappa shape index (κ1) is 17.0. The predicted octanol–water partition coefficient (Wildman–Crippen LogP) is 4.81. The monoisotopic (exact) mass is 336 g/mol. The van der Waals surface area contributed by atoms with E-state index in [0.717, 1.165) is 41.4 Å². The minimum atomic E-state index is -0.0137. The Hall–Kier alpha value is -2.82. The van der Waals surface area contributed by atoms with E-state index in [0.29, 0.717) is 5.84 Å². The molecule has 0 aromatic carbocycles. The van der Waals surface area contributed by atoms with E-state index in [-0.39, 0.29) is 5.88 Å². The van der Waals surface area contributed by atoms with Crippen molar-refractivity contribution in [1.82, 2.24) is 14.0 Å². The van der Waals surface area contributed by atoms with Gasteiger partial charge in [0.15, 0.2) is 0 Å². The van der Waals surface area contributed by atoms with Gasteiger partial charge in [0.1, 0.15) is 5.84 Å². The SMILES string of the molecule is C\C=C/C(=N\C(O)=C/C)n1c2c(C)n3c(C)c(nc13)/C=C\CC/C=C\2. The molecule has 2 aliphatic heterocycles. The van der Waals surface area contributed by atoms with Crippen LogP contribution in [0, 0.1) is 13.8 Å². The highest BCUT2D eigenvalue weighted by molar-refractivity contribution is 5.99. The van der Waals surface area contributed by atoms with Crippen LogP contribution in [0.5, 0.6) is 0 Å². The minimum Gasteiger partial charge on any atom is -0.493 e. The Kier molecular flexibility index (Phi) is 4.74. The summed E-state index contributed by atoms with van der Waals surface area (Å²) in [6, 6.07) is 0. The van der Waals surface area contributed by atoms with Crippen molar-refractivity contribution in [2.75, 3.05) is 0 Å². The number of rotatable bonds is 2. The van der Waals surface area contributed by atoms with E-state index >= 15 is 0 Å². The number of allylic oxidation sites excluding steroid dienone is 5. The minimum absolute atomic E-state index is 0.0137. The molecule has 2 aromatic rings. The van der Waals surface area contributed by atoms with Gasteiger partial charge in [-0.1, -0.05) is 18.2 Å². The van der Waals surface area contributed by atoms with Gasteiger partial charge >= 0.3 is 0 Å². The zero-order valence-corrected chi connectivity index (χ0v) is 15.2. The van der Waals surface area contributed by atoms with Gasteiger partial charge in [-0.2, -0.15) is 4.99 Å². The Morgan fingerprint density at radius 2 is 1.88 bits per heavy atom. The smallest absolute Gasteiger partial charge is 0.221 e. The second kappa shape index (κ2) is 6.97. The van der Waals surface area contributed by atoms with Gasteiger partial charge < -0.3 is 5.11 Å². The van der Waals surface area contributed by atoms with Crippen molar-refractivity contribution in [3.8, 4) is 0 Å². The molecule has 1 N–H and O–H groups in total. The molecule has 130 valence electrons. The molecule has 0 atom stereocenters. The molecular weight excluding hydrogens is 312 g/mol. The summed E-state index contributed by atoms with van der Waals surface area (Å²) in [7, 11) is 0. The molecule has 4 bridgehead atoms. The highest BCUT2D eigenvalue weighted by Crippen LogP contribution is 2.25. The van der Waals surface area contributed by atoms with E-state index in [1.54, 1.807) is 13.0 Å². The van der Waals surface area contributed by atoms with Gasteiger partial charge in [-0.3, -0.25) is 8.97 Å². The van der Waals surface area contributed by atoms with Crippen molar-refractivity contribution in [1.29, 1.82) is 0 Å². The van der Waals surface area contributed by atoms with E-state index in [2.05, 4.69) is 47.5 Å². The molecule has 0 fully saturated rings. The van der Waals surface area contributed by atoms with Crippen molar-refractivity contribution in [2.24, 2.45) is 4.99 Å². The van der Waals surface area contributed by atoms with E-state index in [1.807, 2.05) is 23.6 Å². The van der Waals surface area contributed by atoms with Crippen LogP contribution in [0.1, 0.15) is 49.5 Å². The summed E-state index contributed by atoms with van der Waals surface area (Å²) in [5.41, 5.74) is 4.21. The molecule has 0 amide bonds. The molecule has 0 unspecified atom stereocenters. The molecule has 0 spiro atoms. The maximum Gasteiger partial charge on any atom is 0.221 e. The number of aliphatic hydroxyl groups is 1. The van der Waals surface area contributed by atoms with Crippen LogP contribution in [0.25, 0.3) is 17.9 Å². The summed E-state index contributed by atoms with van der Waals surface area (Å²) < 4.78 is 4.15. The molecule has 2 aromatic heterocycles. The van der Waals surface area contributed by atoms with Crippen molar-refractivity contribution >= 4 is 23.8 Å². The number of fused-ring (bicyclic) bond motifs is 3. The molecule has 0 radical (unpaired) electrons. The zero-order chi connectivity index (χ0) is 18.0. The predicted molar refractivity (Wildman–Crippen MR) is 104 cm³/mol. The summed E-state index contributed by atoms with van der Waals surface area (Å²) in [6.45, 7) is 7.86. The number of imidazole rings is 2. The third-order valence-electron chi connectivity index (χ3n) is 4.36. The number of aliphatic hydroxyl groups excluding tert-OH is 1. The van der Waals surface area contributed by atoms with Crippen LogP contribution >= 0.6 is 0 Å². The van der Waals surface area contributed by atoms with Gasteiger partial charge in [-0.05, 0) is 64.8 Å². The molecular formula is C20H24N4O. The van der Waals surface area contributed by atoms with Crippen LogP contribution in [0.4, 0.5) is 0 Å². The van der Waals surface area contributed by atoms with Crippen molar-refractivity contribution in [3.05, 3.63) is 59.0 Å². The summed E-state index contributed by atoms with van der Waals surface area (Å²) in [4.78, 5) is 9.20. The number of aliphatic imine (C=N–C) groups is 1. The number of hydrogen-bond donors (Lipinski definition) is 1. The zero-order valence-electron chi connectivity index (χ0n) is 15.2. The Balaban J connectivity index is 2.41. The Labute approximate surface area is 148 Å². The summed E-state index contributed by atoms with van der Waals surface area (Å²) in [6.07, 6.45) is 15.9. The fourth-order valence-corrected chi connectivity index (χ4v) is 3.09. The van der Waals surface area contributed by atoms with E-state index < -0.39 is 0 Å². The standard InChI is InChI=1S/C20H24N4O/c1-5-11-18(22-19(25)6-2)24-17-13-10-8-7-9-12-16-14(3)23(15(17)4)20(24)21-16/h5-6,9-13,25H,7-8H2,1-4H3/b11-5-,12-9-,13-10-,19-6+,22-18+. The third kappa shape index (κ3) is 2.97. The van der Waals surface area contributed by atoms with Crippen molar-refractivity contribution in [3.63, 3.8) is 0 Å². The molecule has 4 heterocycles. The molecule has 0 saturated carbocycles. The van der Waals surface area contributed by atoms with Gasteiger partial charge in [-0.15, -0.1) is 0 Å². The molecule has 5 nitrogen and oxygen atoms in total. The maximum absolute atomic E-state index is 9.95. The van der Waals surface area contributed by atoms with Gasteiger partial charge in [-0.25, -0.2) is 4.98 Å². The maximum atomic E-state index is 9.95. The molecule has 2 aliphatic rings. The highest BCUT2D eigenvalue weighted by atomic mass is 16.3. The lowest BCUT2D eigenvalue weighted by Crippen LogP contribution is -2.12.